The van der Waals surface area contributed by atoms with Crippen molar-refractivity contribution in [2.75, 3.05) is 18.8 Å². The van der Waals surface area contributed by atoms with Crippen molar-refractivity contribution in [3.63, 3.8) is 0 Å². The van der Waals surface area contributed by atoms with Crippen molar-refractivity contribution in [1.29, 1.82) is 0 Å². The third kappa shape index (κ3) is 4.18. The summed E-state index contributed by atoms with van der Waals surface area (Å²) in [5, 5.41) is 0. The molecule has 0 aromatic rings. The molecule has 1 amide bonds. The molecule has 0 bridgehead atoms. The molecule has 1 N–H and O–H groups in total. The topological polar surface area (TPSA) is 66.5 Å². The van der Waals surface area contributed by atoms with Crippen LogP contribution in [0.4, 0.5) is 0 Å². The van der Waals surface area contributed by atoms with E-state index in [2.05, 4.69) is 4.72 Å². The number of hydrogen-bond donors (Lipinski definition) is 1. The SMILES string of the molecule is CCCN1CC(NS(=O)(=O)CC2CCCC2)CC1=O. The maximum Gasteiger partial charge on any atom is 0.224 e. The van der Waals surface area contributed by atoms with Crippen LogP contribution in [0.3, 0.4) is 0 Å². The third-order valence-electron chi connectivity index (χ3n) is 3.98. The Morgan fingerprint density at radius 1 is 1.32 bits per heavy atom. The fourth-order valence-corrected chi connectivity index (χ4v) is 4.84. The first-order valence-corrected chi connectivity index (χ1v) is 8.93. The molecule has 1 heterocycles. The van der Waals surface area contributed by atoms with Crippen LogP contribution in [0, 0.1) is 5.92 Å². The van der Waals surface area contributed by atoms with E-state index in [9.17, 15) is 13.2 Å². The van der Waals surface area contributed by atoms with Crippen LogP contribution in [0.15, 0.2) is 0 Å². The van der Waals surface area contributed by atoms with Crippen LogP contribution in [-0.2, 0) is 14.8 Å². The average molecular weight is 288 g/mol. The van der Waals surface area contributed by atoms with Crippen LogP contribution in [0.5, 0.6) is 0 Å². The van der Waals surface area contributed by atoms with Gasteiger partial charge in [0.15, 0.2) is 0 Å². The van der Waals surface area contributed by atoms with Gasteiger partial charge in [-0.3, -0.25) is 4.79 Å². The van der Waals surface area contributed by atoms with Crippen LogP contribution in [0.25, 0.3) is 0 Å². The Kier molecular flexibility index (Phi) is 4.84. The molecule has 19 heavy (non-hydrogen) atoms. The zero-order valence-electron chi connectivity index (χ0n) is 11.6. The number of amides is 1. The predicted octanol–water partition coefficient (Wildman–Crippen LogP) is 1.11. The van der Waals surface area contributed by atoms with Crippen LogP contribution in [-0.4, -0.2) is 44.1 Å². The molecule has 6 heteroatoms. The summed E-state index contributed by atoms with van der Waals surface area (Å²) >= 11 is 0. The van der Waals surface area contributed by atoms with E-state index in [0.717, 1.165) is 38.6 Å². The largest absolute Gasteiger partial charge is 0.341 e. The van der Waals surface area contributed by atoms with Gasteiger partial charge in [-0.25, -0.2) is 13.1 Å². The minimum absolute atomic E-state index is 0.0652. The number of sulfonamides is 1. The maximum atomic E-state index is 12.1. The number of nitrogens with zero attached hydrogens (tertiary/aromatic N) is 1. The van der Waals surface area contributed by atoms with Crippen molar-refractivity contribution >= 4 is 15.9 Å². The Hall–Kier alpha value is -0.620. The first-order valence-electron chi connectivity index (χ1n) is 7.28. The van der Waals surface area contributed by atoms with E-state index >= 15 is 0 Å². The molecule has 0 aromatic heterocycles. The Bertz CT molecular complexity index is 416. The van der Waals surface area contributed by atoms with Gasteiger partial charge in [0, 0.05) is 25.6 Å². The first-order chi connectivity index (χ1) is 9.00. The van der Waals surface area contributed by atoms with Crippen molar-refractivity contribution in [2.45, 2.75) is 51.5 Å². The highest BCUT2D eigenvalue weighted by molar-refractivity contribution is 7.89. The van der Waals surface area contributed by atoms with Gasteiger partial charge in [-0.15, -0.1) is 0 Å². The number of nitrogens with one attached hydrogen (secondary N) is 1. The van der Waals surface area contributed by atoms with Gasteiger partial charge in [0.1, 0.15) is 0 Å². The summed E-state index contributed by atoms with van der Waals surface area (Å²) in [5.74, 6) is 0.600. The van der Waals surface area contributed by atoms with Crippen LogP contribution >= 0.6 is 0 Å². The molecule has 5 nitrogen and oxygen atoms in total. The lowest BCUT2D eigenvalue weighted by Crippen LogP contribution is -2.39. The molecular formula is C13H24N2O3S. The van der Waals surface area contributed by atoms with Gasteiger partial charge >= 0.3 is 0 Å². The molecule has 1 unspecified atom stereocenters. The van der Waals surface area contributed by atoms with Crippen LogP contribution in [0.1, 0.15) is 45.4 Å². The Labute approximate surface area is 115 Å². The lowest BCUT2D eigenvalue weighted by Gasteiger charge is -2.17. The van der Waals surface area contributed by atoms with E-state index in [0.29, 0.717) is 18.9 Å². The van der Waals surface area contributed by atoms with Crippen molar-refractivity contribution in [1.82, 2.24) is 9.62 Å². The normalized spacial score (nSPS) is 25.4. The van der Waals surface area contributed by atoms with Crippen LogP contribution < -0.4 is 4.72 Å². The summed E-state index contributed by atoms with van der Waals surface area (Å²) in [6.45, 7) is 3.27. The van der Waals surface area contributed by atoms with Crippen molar-refractivity contribution < 1.29 is 13.2 Å². The van der Waals surface area contributed by atoms with E-state index in [1.807, 2.05) is 6.92 Å². The van der Waals surface area contributed by atoms with E-state index < -0.39 is 10.0 Å². The fraction of sp³-hybridized carbons (Fsp3) is 0.923. The Morgan fingerprint density at radius 2 is 2.00 bits per heavy atom. The molecular weight excluding hydrogens is 264 g/mol. The van der Waals surface area contributed by atoms with Gasteiger partial charge in [0.25, 0.3) is 0 Å². The van der Waals surface area contributed by atoms with Gasteiger partial charge in [0.2, 0.25) is 15.9 Å². The van der Waals surface area contributed by atoms with Crippen molar-refractivity contribution in [3.8, 4) is 0 Å². The van der Waals surface area contributed by atoms with Gasteiger partial charge < -0.3 is 4.90 Å². The number of likely N-dealkylation sites (tertiary alicyclic amines) is 1. The zero-order valence-corrected chi connectivity index (χ0v) is 12.4. The van der Waals surface area contributed by atoms with E-state index in [4.69, 9.17) is 0 Å². The minimum Gasteiger partial charge on any atom is -0.341 e. The second-order valence-electron chi connectivity index (χ2n) is 5.79. The highest BCUT2D eigenvalue weighted by Gasteiger charge is 2.32. The number of carbonyl (C=O) groups excluding carboxylic acids is 1. The molecule has 1 saturated carbocycles. The molecule has 2 rings (SSSR count). The third-order valence-corrected chi connectivity index (χ3v) is 5.59. The highest BCUT2D eigenvalue weighted by atomic mass is 32.2. The average Bonchev–Trinajstić information content (AvgIpc) is 2.89. The number of carbonyl (C=O) groups is 1. The van der Waals surface area contributed by atoms with Crippen molar-refractivity contribution in [3.05, 3.63) is 0 Å². The molecule has 1 aliphatic heterocycles. The minimum atomic E-state index is -3.24. The standard InChI is InChI=1S/C13H24N2O3S/c1-2-7-15-9-12(8-13(15)16)14-19(17,18)10-11-5-3-4-6-11/h11-12,14H,2-10H2,1H3. The monoisotopic (exact) mass is 288 g/mol. The lowest BCUT2D eigenvalue weighted by molar-refractivity contribution is -0.127. The number of hydrogen-bond acceptors (Lipinski definition) is 3. The maximum absolute atomic E-state index is 12.1. The summed E-state index contributed by atoms with van der Waals surface area (Å²) in [5.41, 5.74) is 0. The van der Waals surface area contributed by atoms with Gasteiger partial charge in [-0.1, -0.05) is 19.8 Å². The molecule has 110 valence electrons. The zero-order chi connectivity index (χ0) is 13.9. The Morgan fingerprint density at radius 3 is 2.63 bits per heavy atom. The number of rotatable bonds is 6. The fourth-order valence-electron chi connectivity index (χ4n) is 3.13. The summed E-state index contributed by atoms with van der Waals surface area (Å²) in [6.07, 6.45) is 5.55. The lowest BCUT2D eigenvalue weighted by atomic mass is 10.1. The summed E-state index contributed by atoms with van der Waals surface area (Å²) < 4.78 is 26.9. The van der Waals surface area contributed by atoms with Gasteiger partial charge in [-0.05, 0) is 25.2 Å². The van der Waals surface area contributed by atoms with Gasteiger partial charge in [-0.2, -0.15) is 0 Å². The van der Waals surface area contributed by atoms with E-state index in [-0.39, 0.29) is 17.7 Å². The van der Waals surface area contributed by atoms with Crippen molar-refractivity contribution in [2.24, 2.45) is 5.92 Å². The van der Waals surface area contributed by atoms with Crippen LogP contribution in [0.2, 0.25) is 0 Å². The molecule has 1 aliphatic carbocycles. The van der Waals surface area contributed by atoms with E-state index in [1.165, 1.54) is 0 Å². The second kappa shape index (κ2) is 6.22. The first kappa shape index (κ1) is 14.8. The summed E-state index contributed by atoms with van der Waals surface area (Å²) in [7, 11) is -3.24. The molecule has 0 spiro atoms. The van der Waals surface area contributed by atoms with Gasteiger partial charge in [0.05, 0.1) is 5.75 Å². The Balaban J connectivity index is 1.85. The molecule has 1 saturated heterocycles. The quantitative estimate of drug-likeness (QED) is 0.796. The molecule has 2 fully saturated rings. The molecule has 1 atom stereocenters. The molecule has 0 radical (unpaired) electrons. The second-order valence-corrected chi connectivity index (χ2v) is 7.59. The molecule has 2 aliphatic rings. The highest BCUT2D eigenvalue weighted by Crippen LogP contribution is 2.26. The summed E-state index contributed by atoms with van der Waals surface area (Å²) in [6, 6.07) is -0.231. The van der Waals surface area contributed by atoms with E-state index in [1.54, 1.807) is 4.90 Å². The predicted molar refractivity (Wildman–Crippen MR) is 74.2 cm³/mol. The molecule has 0 aromatic carbocycles. The smallest absolute Gasteiger partial charge is 0.224 e. The summed E-state index contributed by atoms with van der Waals surface area (Å²) in [4.78, 5) is 13.4.